The van der Waals surface area contributed by atoms with Crippen LogP contribution in [0.5, 0.6) is 0 Å². The molecule has 0 bridgehead atoms. The van der Waals surface area contributed by atoms with Gasteiger partial charge in [-0.15, -0.1) is 0 Å². The molecule has 1 aromatic rings. The van der Waals surface area contributed by atoms with Gasteiger partial charge in [0.2, 0.25) is 0 Å². The maximum absolute atomic E-state index is 12.2. The Bertz CT molecular complexity index is 384. The summed E-state index contributed by atoms with van der Waals surface area (Å²) in [6, 6.07) is 4.53. The van der Waals surface area contributed by atoms with E-state index in [1.165, 1.54) is 5.56 Å². The van der Waals surface area contributed by atoms with Crippen LogP contribution in [0.1, 0.15) is 35.6 Å². The van der Waals surface area contributed by atoms with E-state index in [2.05, 4.69) is 0 Å². The van der Waals surface area contributed by atoms with Crippen LogP contribution in [0.15, 0.2) is 18.2 Å². The van der Waals surface area contributed by atoms with Crippen LogP contribution in [-0.2, 0) is 12.8 Å². The number of aryl methyl sites for hydroxylation is 2. The molecular weight excluding hydrogens is 215 g/mol. The molecule has 0 saturated heterocycles. The third-order valence-electron chi connectivity index (χ3n) is 3.00. The van der Waals surface area contributed by atoms with Crippen molar-refractivity contribution in [3.63, 3.8) is 0 Å². The molecule has 0 aromatic heterocycles. The standard InChI is InChI=1S/C12H14F3N/c13-12(14,15)7-11(16)10-5-4-8-2-1-3-9(8)6-10/h4-6,11H,1-3,7,16H2. The Kier molecular flexibility index (Phi) is 2.93. The molecule has 1 aliphatic rings. The topological polar surface area (TPSA) is 26.0 Å². The van der Waals surface area contributed by atoms with Gasteiger partial charge in [-0.2, -0.15) is 13.2 Å². The van der Waals surface area contributed by atoms with Crippen LogP contribution in [0.4, 0.5) is 13.2 Å². The second-order valence-corrected chi connectivity index (χ2v) is 4.31. The zero-order valence-electron chi connectivity index (χ0n) is 8.85. The van der Waals surface area contributed by atoms with E-state index >= 15 is 0 Å². The molecule has 1 nitrogen and oxygen atoms in total. The van der Waals surface area contributed by atoms with Gasteiger partial charge in [-0.1, -0.05) is 18.2 Å². The molecular formula is C12H14F3N. The van der Waals surface area contributed by atoms with E-state index in [-0.39, 0.29) is 0 Å². The number of alkyl halides is 3. The van der Waals surface area contributed by atoms with Crippen molar-refractivity contribution in [1.29, 1.82) is 0 Å². The Balaban J connectivity index is 2.15. The number of rotatable bonds is 2. The Morgan fingerprint density at radius 1 is 1.19 bits per heavy atom. The zero-order chi connectivity index (χ0) is 11.8. The van der Waals surface area contributed by atoms with Crippen LogP contribution >= 0.6 is 0 Å². The third kappa shape index (κ3) is 2.55. The quantitative estimate of drug-likeness (QED) is 0.828. The van der Waals surface area contributed by atoms with E-state index < -0.39 is 18.6 Å². The molecule has 1 aromatic carbocycles. The van der Waals surface area contributed by atoms with Gasteiger partial charge in [0.1, 0.15) is 0 Å². The molecule has 0 fully saturated rings. The molecule has 0 saturated carbocycles. The van der Waals surface area contributed by atoms with Gasteiger partial charge in [-0.25, -0.2) is 0 Å². The van der Waals surface area contributed by atoms with Crippen molar-refractivity contribution in [2.24, 2.45) is 5.73 Å². The van der Waals surface area contributed by atoms with Crippen molar-refractivity contribution in [2.45, 2.75) is 37.9 Å². The molecule has 0 spiro atoms. The molecule has 2 rings (SSSR count). The minimum atomic E-state index is -4.20. The molecule has 16 heavy (non-hydrogen) atoms. The number of fused-ring (bicyclic) bond motifs is 1. The van der Waals surface area contributed by atoms with E-state index in [0.717, 1.165) is 24.8 Å². The lowest BCUT2D eigenvalue weighted by molar-refractivity contribution is -0.138. The summed E-state index contributed by atoms with van der Waals surface area (Å²) in [5, 5.41) is 0. The first-order valence-corrected chi connectivity index (χ1v) is 5.40. The van der Waals surface area contributed by atoms with E-state index in [1.807, 2.05) is 12.1 Å². The van der Waals surface area contributed by atoms with Gasteiger partial charge in [0.25, 0.3) is 0 Å². The highest BCUT2D eigenvalue weighted by Gasteiger charge is 2.31. The van der Waals surface area contributed by atoms with Crippen molar-refractivity contribution in [3.8, 4) is 0 Å². The summed E-state index contributed by atoms with van der Waals surface area (Å²) in [7, 11) is 0. The summed E-state index contributed by atoms with van der Waals surface area (Å²) in [5.41, 5.74) is 8.57. The first kappa shape index (κ1) is 11.5. The Hall–Kier alpha value is -1.03. The van der Waals surface area contributed by atoms with Gasteiger partial charge < -0.3 is 5.73 Å². The summed E-state index contributed by atoms with van der Waals surface area (Å²) in [6.07, 6.45) is -2.07. The predicted molar refractivity (Wildman–Crippen MR) is 56.1 cm³/mol. The number of halogens is 3. The molecule has 4 heteroatoms. The smallest absolute Gasteiger partial charge is 0.324 e. The van der Waals surface area contributed by atoms with E-state index in [0.29, 0.717) is 5.56 Å². The van der Waals surface area contributed by atoms with E-state index in [4.69, 9.17) is 5.73 Å². The van der Waals surface area contributed by atoms with Crippen LogP contribution in [-0.4, -0.2) is 6.18 Å². The second kappa shape index (κ2) is 4.09. The molecule has 0 heterocycles. The average molecular weight is 229 g/mol. The fourth-order valence-corrected chi connectivity index (χ4v) is 2.19. The average Bonchev–Trinajstić information content (AvgIpc) is 2.61. The highest BCUT2D eigenvalue weighted by molar-refractivity contribution is 5.36. The zero-order valence-corrected chi connectivity index (χ0v) is 8.85. The molecule has 2 N–H and O–H groups in total. The summed E-state index contributed by atoms with van der Waals surface area (Å²) in [4.78, 5) is 0. The predicted octanol–water partition coefficient (Wildman–Crippen LogP) is 3.13. The van der Waals surface area contributed by atoms with Crippen molar-refractivity contribution in [1.82, 2.24) is 0 Å². The second-order valence-electron chi connectivity index (χ2n) is 4.31. The molecule has 0 radical (unpaired) electrons. The SMILES string of the molecule is NC(CC(F)(F)F)c1ccc2c(c1)CCC2. The summed E-state index contributed by atoms with van der Waals surface area (Å²) >= 11 is 0. The minimum absolute atomic E-state index is 0.595. The molecule has 1 unspecified atom stereocenters. The Morgan fingerprint density at radius 2 is 1.88 bits per heavy atom. The lowest BCUT2D eigenvalue weighted by Gasteiger charge is -2.15. The highest BCUT2D eigenvalue weighted by atomic mass is 19.4. The first-order valence-electron chi connectivity index (χ1n) is 5.40. The normalized spacial score (nSPS) is 17.2. The lowest BCUT2D eigenvalue weighted by atomic mass is 9.99. The van der Waals surface area contributed by atoms with Gasteiger partial charge in [-0.3, -0.25) is 0 Å². The Morgan fingerprint density at radius 3 is 2.56 bits per heavy atom. The molecule has 0 amide bonds. The van der Waals surface area contributed by atoms with Gasteiger partial charge in [0, 0.05) is 6.04 Å². The van der Waals surface area contributed by atoms with Gasteiger partial charge in [0.15, 0.2) is 0 Å². The maximum atomic E-state index is 12.2. The fourth-order valence-electron chi connectivity index (χ4n) is 2.19. The Labute approximate surface area is 92.5 Å². The maximum Gasteiger partial charge on any atom is 0.390 e. The molecule has 1 aliphatic carbocycles. The number of benzene rings is 1. The fraction of sp³-hybridized carbons (Fsp3) is 0.500. The van der Waals surface area contributed by atoms with Crippen LogP contribution in [0.3, 0.4) is 0 Å². The van der Waals surface area contributed by atoms with Gasteiger partial charge in [0.05, 0.1) is 6.42 Å². The molecule has 88 valence electrons. The number of nitrogens with two attached hydrogens (primary N) is 1. The number of hydrogen-bond donors (Lipinski definition) is 1. The van der Waals surface area contributed by atoms with Gasteiger partial charge in [-0.05, 0) is 36.0 Å². The van der Waals surface area contributed by atoms with Crippen molar-refractivity contribution in [2.75, 3.05) is 0 Å². The van der Waals surface area contributed by atoms with E-state index in [9.17, 15) is 13.2 Å². The third-order valence-corrected chi connectivity index (χ3v) is 3.00. The largest absolute Gasteiger partial charge is 0.390 e. The highest BCUT2D eigenvalue weighted by Crippen LogP contribution is 2.30. The van der Waals surface area contributed by atoms with Crippen molar-refractivity contribution in [3.05, 3.63) is 34.9 Å². The van der Waals surface area contributed by atoms with Gasteiger partial charge >= 0.3 is 6.18 Å². The number of hydrogen-bond acceptors (Lipinski definition) is 1. The van der Waals surface area contributed by atoms with Crippen LogP contribution in [0.25, 0.3) is 0 Å². The molecule has 1 atom stereocenters. The van der Waals surface area contributed by atoms with Crippen molar-refractivity contribution >= 4 is 0 Å². The van der Waals surface area contributed by atoms with Crippen LogP contribution in [0.2, 0.25) is 0 Å². The first-order chi connectivity index (χ1) is 7.46. The lowest BCUT2D eigenvalue weighted by Crippen LogP contribution is -2.20. The van der Waals surface area contributed by atoms with Crippen molar-refractivity contribution < 1.29 is 13.2 Å². The molecule has 0 aliphatic heterocycles. The summed E-state index contributed by atoms with van der Waals surface area (Å²) in [5.74, 6) is 0. The van der Waals surface area contributed by atoms with Crippen LogP contribution in [0, 0.1) is 0 Å². The summed E-state index contributed by atoms with van der Waals surface area (Å²) in [6.45, 7) is 0. The van der Waals surface area contributed by atoms with Crippen LogP contribution < -0.4 is 5.73 Å². The monoisotopic (exact) mass is 229 g/mol. The summed E-state index contributed by atoms with van der Waals surface area (Å²) < 4.78 is 36.6. The van der Waals surface area contributed by atoms with E-state index in [1.54, 1.807) is 6.07 Å². The minimum Gasteiger partial charge on any atom is -0.324 e.